The van der Waals surface area contributed by atoms with Gasteiger partial charge in [0.05, 0.1) is 31.0 Å². The number of rotatable bonds is 7. The fraction of sp³-hybridized carbons (Fsp3) is 0.148. The molecule has 8 heteroatoms. The Kier molecular flexibility index (Phi) is 6.45. The molecule has 0 aliphatic heterocycles. The zero-order valence-corrected chi connectivity index (χ0v) is 20.6. The summed E-state index contributed by atoms with van der Waals surface area (Å²) in [5.41, 5.74) is 5.91. The summed E-state index contributed by atoms with van der Waals surface area (Å²) in [6.45, 7) is 6.82. The summed E-state index contributed by atoms with van der Waals surface area (Å²) in [6.07, 6.45) is 6.98. The van der Waals surface area contributed by atoms with Gasteiger partial charge in [-0.1, -0.05) is 0 Å². The monoisotopic (exact) mass is 483 g/mol. The van der Waals surface area contributed by atoms with Gasteiger partial charge in [0.15, 0.2) is 5.76 Å². The highest BCUT2D eigenvalue weighted by atomic mass is 32.1. The molecule has 5 aromatic rings. The molecule has 0 unspecified atom stereocenters. The zero-order chi connectivity index (χ0) is 24.2. The Morgan fingerprint density at radius 2 is 1.97 bits per heavy atom. The fourth-order valence-corrected chi connectivity index (χ4v) is 4.74. The molecule has 1 aromatic carbocycles. The molecule has 4 heterocycles. The van der Waals surface area contributed by atoms with E-state index >= 15 is 0 Å². The van der Waals surface area contributed by atoms with Crippen LogP contribution >= 0.6 is 11.3 Å². The van der Waals surface area contributed by atoms with E-state index in [-0.39, 0.29) is 0 Å². The van der Waals surface area contributed by atoms with Crippen molar-refractivity contribution in [2.45, 2.75) is 20.8 Å². The van der Waals surface area contributed by atoms with E-state index in [1.54, 1.807) is 23.3 Å². The molecule has 7 nitrogen and oxygen atoms in total. The normalized spacial score (nSPS) is 12.0. The minimum absolute atomic E-state index is 0.650. The summed E-state index contributed by atoms with van der Waals surface area (Å²) in [7, 11) is 0. The highest BCUT2D eigenvalue weighted by molar-refractivity contribution is 7.07. The van der Waals surface area contributed by atoms with E-state index in [0.717, 1.165) is 50.3 Å². The second-order valence-electron chi connectivity index (χ2n) is 7.85. The molecule has 0 amide bonds. The number of furan rings is 1. The number of nitrogens with zero attached hydrogens (tertiary/aromatic N) is 5. The molecule has 0 bridgehead atoms. The maximum atomic E-state index is 5.65. The van der Waals surface area contributed by atoms with Crippen molar-refractivity contribution in [3.05, 3.63) is 100 Å². The third kappa shape index (κ3) is 4.74. The minimum Gasteiger partial charge on any atom is -0.494 e. The number of benzene rings is 1. The molecule has 0 aliphatic carbocycles. The first-order valence-electron chi connectivity index (χ1n) is 11.3. The minimum atomic E-state index is 0.650. The van der Waals surface area contributed by atoms with Gasteiger partial charge in [-0.15, -0.1) is 11.3 Å². The number of ether oxygens (including phenoxy) is 1. The average Bonchev–Trinajstić information content (AvgIpc) is 3.59. The number of hydrogen-bond donors (Lipinski definition) is 0. The maximum absolute atomic E-state index is 5.65. The largest absolute Gasteiger partial charge is 0.494 e. The van der Waals surface area contributed by atoms with Gasteiger partial charge in [-0.05, 0) is 75.4 Å². The summed E-state index contributed by atoms with van der Waals surface area (Å²) < 4.78 is 15.3. The second kappa shape index (κ2) is 9.99. The van der Waals surface area contributed by atoms with Crippen molar-refractivity contribution < 1.29 is 9.15 Å². The Labute approximate surface area is 207 Å². The lowest BCUT2D eigenvalue weighted by Crippen LogP contribution is -2.11. The lowest BCUT2D eigenvalue weighted by atomic mass is 10.2. The van der Waals surface area contributed by atoms with Crippen molar-refractivity contribution in [1.82, 2.24) is 14.2 Å². The quantitative estimate of drug-likeness (QED) is 0.262. The lowest BCUT2D eigenvalue weighted by molar-refractivity contribution is 0.340. The zero-order valence-electron chi connectivity index (χ0n) is 19.8. The first-order chi connectivity index (χ1) is 17.1. The smallest absolute Gasteiger partial charge is 0.211 e. The molecular weight excluding hydrogens is 458 g/mol. The Balaban J connectivity index is 1.54. The van der Waals surface area contributed by atoms with Crippen LogP contribution in [0.15, 0.2) is 93.1 Å². The van der Waals surface area contributed by atoms with Crippen LogP contribution in [0, 0.1) is 13.8 Å². The molecule has 0 spiro atoms. The van der Waals surface area contributed by atoms with E-state index < -0.39 is 0 Å². The Morgan fingerprint density at radius 3 is 2.69 bits per heavy atom. The number of aryl methyl sites for hydroxylation is 1. The molecule has 0 atom stereocenters. The maximum Gasteiger partial charge on any atom is 0.211 e. The molecule has 0 saturated heterocycles. The summed E-state index contributed by atoms with van der Waals surface area (Å²) in [5, 5.41) is 6.83. The van der Waals surface area contributed by atoms with Gasteiger partial charge in [0.25, 0.3) is 0 Å². The van der Waals surface area contributed by atoms with Gasteiger partial charge in [0.2, 0.25) is 4.80 Å². The standard InChI is InChI=1S/C27H25N5O2S/c1-4-33-24-11-9-23(10-12-24)31-19(2)15-21(20(31)3)16-29-32-25(26-8-6-14-34-26)18-35-27(32)30-22-7-5-13-28-17-22/h5-18H,4H2,1-3H3. The average molecular weight is 484 g/mol. The Morgan fingerprint density at radius 1 is 1.11 bits per heavy atom. The van der Waals surface area contributed by atoms with Crippen molar-refractivity contribution in [3.8, 4) is 22.9 Å². The fourth-order valence-electron chi connectivity index (χ4n) is 3.91. The van der Waals surface area contributed by atoms with E-state index in [2.05, 4.69) is 41.6 Å². The SMILES string of the molecule is CCOc1ccc(-n2c(C)cc(C=Nn3c(-c4ccco4)csc3=Nc3cccnc3)c2C)cc1. The number of pyridine rings is 1. The van der Waals surface area contributed by atoms with Gasteiger partial charge in [-0.3, -0.25) is 4.98 Å². The van der Waals surface area contributed by atoms with E-state index in [1.165, 1.54) is 11.3 Å². The second-order valence-corrected chi connectivity index (χ2v) is 8.69. The summed E-state index contributed by atoms with van der Waals surface area (Å²) in [6, 6.07) is 17.8. The van der Waals surface area contributed by atoms with Crippen LogP contribution in [0.4, 0.5) is 5.69 Å². The highest BCUT2D eigenvalue weighted by Gasteiger charge is 2.12. The Bertz CT molecular complexity index is 1510. The summed E-state index contributed by atoms with van der Waals surface area (Å²) >= 11 is 1.50. The van der Waals surface area contributed by atoms with Crippen LogP contribution in [-0.2, 0) is 0 Å². The van der Waals surface area contributed by atoms with Crippen molar-refractivity contribution >= 4 is 23.2 Å². The van der Waals surface area contributed by atoms with Gasteiger partial charge in [0, 0.05) is 34.2 Å². The summed E-state index contributed by atoms with van der Waals surface area (Å²) in [4.78, 5) is 9.63. The van der Waals surface area contributed by atoms with E-state index in [1.807, 2.05) is 54.9 Å². The molecule has 0 saturated carbocycles. The number of aromatic nitrogens is 3. The van der Waals surface area contributed by atoms with Crippen molar-refractivity contribution in [2.24, 2.45) is 10.1 Å². The first-order valence-corrected chi connectivity index (χ1v) is 12.2. The van der Waals surface area contributed by atoms with Crippen molar-refractivity contribution in [1.29, 1.82) is 0 Å². The van der Waals surface area contributed by atoms with Gasteiger partial charge in [0.1, 0.15) is 11.4 Å². The van der Waals surface area contributed by atoms with Crippen LogP contribution < -0.4 is 9.54 Å². The molecule has 0 N–H and O–H groups in total. The topological polar surface area (TPSA) is 69.8 Å². The van der Waals surface area contributed by atoms with E-state index in [0.29, 0.717) is 6.61 Å². The predicted octanol–water partition coefficient (Wildman–Crippen LogP) is 6.13. The predicted molar refractivity (Wildman–Crippen MR) is 139 cm³/mol. The Hall–Kier alpha value is -4.17. The summed E-state index contributed by atoms with van der Waals surface area (Å²) in [5.74, 6) is 1.59. The molecule has 176 valence electrons. The molecule has 5 rings (SSSR count). The van der Waals surface area contributed by atoms with Crippen LogP contribution in [-0.4, -0.2) is 27.0 Å². The molecule has 4 aromatic heterocycles. The van der Waals surface area contributed by atoms with Crippen LogP contribution in [0.3, 0.4) is 0 Å². The van der Waals surface area contributed by atoms with Crippen LogP contribution in [0.5, 0.6) is 5.75 Å². The highest BCUT2D eigenvalue weighted by Crippen LogP contribution is 2.24. The lowest BCUT2D eigenvalue weighted by Gasteiger charge is -2.11. The third-order valence-corrected chi connectivity index (χ3v) is 6.33. The number of hydrogen-bond acceptors (Lipinski definition) is 6. The molecule has 0 radical (unpaired) electrons. The molecule has 35 heavy (non-hydrogen) atoms. The third-order valence-electron chi connectivity index (χ3n) is 5.52. The van der Waals surface area contributed by atoms with Gasteiger partial charge in [-0.25, -0.2) is 9.67 Å². The van der Waals surface area contributed by atoms with E-state index in [9.17, 15) is 0 Å². The van der Waals surface area contributed by atoms with Gasteiger partial charge >= 0.3 is 0 Å². The van der Waals surface area contributed by atoms with Gasteiger partial charge in [-0.2, -0.15) is 5.10 Å². The molecular formula is C27H25N5O2S. The van der Waals surface area contributed by atoms with Gasteiger partial charge < -0.3 is 13.7 Å². The number of thiazole rings is 1. The van der Waals surface area contributed by atoms with Crippen LogP contribution in [0.25, 0.3) is 17.1 Å². The van der Waals surface area contributed by atoms with Crippen LogP contribution in [0.2, 0.25) is 0 Å². The molecule has 0 aliphatic rings. The first kappa shape index (κ1) is 22.6. The van der Waals surface area contributed by atoms with Crippen LogP contribution in [0.1, 0.15) is 23.9 Å². The van der Waals surface area contributed by atoms with E-state index in [4.69, 9.17) is 19.2 Å². The van der Waals surface area contributed by atoms with Crippen molar-refractivity contribution in [3.63, 3.8) is 0 Å². The molecule has 0 fully saturated rings. The van der Waals surface area contributed by atoms with Crippen molar-refractivity contribution in [2.75, 3.05) is 6.61 Å².